The van der Waals surface area contributed by atoms with Gasteiger partial charge in [0.25, 0.3) is 5.69 Å². The third kappa shape index (κ3) is 2.64. The van der Waals surface area contributed by atoms with E-state index in [4.69, 9.17) is 5.11 Å². The van der Waals surface area contributed by atoms with Crippen LogP contribution in [0.15, 0.2) is 12.1 Å². The van der Waals surface area contributed by atoms with Crippen molar-refractivity contribution in [2.24, 2.45) is 5.92 Å². The minimum Gasteiger partial charge on any atom is -0.478 e. The van der Waals surface area contributed by atoms with Crippen molar-refractivity contribution < 1.29 is 19.2 Å². The van der Waals surface area contributed by atoms with Crippen LogP contribution in [0.3, 0.4) is 0 Å². The molecule has 7 heteroatoms. The van der Waals surface area contributed by atoms with E-state index in [1.54, 1.807) is 0 Å². The Morgan fingerprint density at radius 2 is 2.16 bits per heavy atom. The first-order chi connectivity index (χ1) is 8.88. The van der Waals surface area contributed by atoms with E-state index >= 15 is 0 Å². The summed E-state index contributed by atoms with van der Waals surface area (Å²) < 4.78 is 13.5. The topological polar surface area (TPSA) is 92.5 Å². The Bertz CT molecular complexity index is 541. The number of hydrogen-bond acceptors (Lipinski definition) is 4. The molecule has 2 N–H and O–H groups in total. The Morgan fingerprint density at radius 1 is 1.53 bits per heavy atom. The van der Waals surface area contributed by atoms with Crippen LogP contribution >= 0.6 is 0 Å². The Labute approximate surface area is 108 Å². The first-order valence-electron chi connectivity index (χ1n) is 5.86. The zero-order valence-corrected chi connectivity index (χ0v) is 10.2. The van der Waals surface area contributed by atoms with Gasteiger partial charge >= 0.3 is 5.97 Å². The van der Waals surface area contributed by atoms with Gasteiger partial charge < -0.3 is 10.4 Å². The van der Waals surface area contributed by atoms with Crippen molar-refractivity contribution in [3.8, 4) is 0 Å². The summed E-state index contributed by atoms with van der Waals surface area (Å²) in [5.74, 6) is -1.96. The number of aromatic carboxylic acids is 1. The van der Waals surface area contributed by atoms with E-state index in [-0.39, 0.29) is 11.7 Å². The maximum Gasteiger partial charge on any atom is 0.338 e. The molecule has 2 rings (SSSR count). The highest BCUT2D eigenvalue weighted by Gasteiger charge is 2.29. The number of anilines is 1. The highest BCUT2D eigenvalue weighted by molar-refractivity contribution is 5.90. The van der Waals surface area contributed by atoms with Gasteiger partial charge in [-0.15, -0.1) is 0 Å². The zero-order valence-electron chi connectivity index (χ0n) is 10.2. The Kier molecular flexibility index (Phi) is 3.37. The van der Waals surface area contributed by atoms with E-state index in [0.717, 1.165) is 25.0 Å². The molecule has 6 nitrogen and oxygen atoms in total. The van der Waals surface area contributed by atoms with Crippen LogP contribution in [-0.2, 0) is 0 Å². The fourth-order valence-corrected chi connectivity index (χ4v) is 2.23. The lowest BCUT2D eigenvalue weighted by Crippen LogP contribution is -2.34. The molecule has 1 aromatic rings. The van der Waals surface area contributed by atoms with Crippen LogP contribution in [0.5, 0.6) is 0 Å². The van der Waals surface area contributed by atoms with Crippen molar-refractivity contribution in [3.05, 3.63) is 33.6 Å². The minimum atomic E-state index is -1.52. The molecular formula is C12H13FN2O4. The average molecular weight is 268 g/mol. The molecule has 0 heterocycles. The second-order valence-corrected chi connectivity index (χ2v) is 4.83. The molecular weight excluding hydrogens is 255 g/mol. The number of carboxylic acid groups (broad SMARTS) is 1. The lowest BCUT2D eigenvalue weighted by atomic mass is 9.82. The molecule has 0 amide bonds. The highest BCUT2D eigenvalue weighted by Crippen LogP contribution is 2.34. The zero-order chi connectivity index (χ0) is 14.2. The molecule has 1 fully saturated rings. The van der Waals surface area contributed by atoms with Crippen LogP contribution < -0.4 is 5.32 Å². The standard InChI is InChI=1S/C12H13FN2O4/c1-6-2-7(3-6)14-10-5-9(13)8(12(16)17)4-11(10)15(18)19/h4-7,14H,2-3H2,1H3,(H,16,17). The Morgan fingerprint density at radius 3 is 2.63 bits per heavy atom. The fourth-order valence-electron chi connectivity index (χ4n) is 2.23. The van der Waals surface area contributed by atoms with Crippen LogP contribution in [0.2, 0.25) is 0 Å². The average Bonchev–Trinajstić information content (AvgIpc) is 2.26. The molecule has 0 atom stereocenters. The van der Waals surface area contributed by atoms with Crippen molar-refractivity contribution in [1.29, 1.82) is 0 Å². The molecule has 0 bridgehead atoms. The lowest BCUT2D eigenvalue weighted by molar-refractivity contribution is -0.384. The summed E-state index contributed by atoms with van der Waals surface area (Å²) in [6.07, 6.45) is 1.72. The molecule has 1 aliphatic carbocycles. The SMILES string of the molecule is CC1CC(Nc2cc(F)c(C(=O)O)cc2[N+](=O)[O-])C1. The smallest absolute Gasteiger partial charge is 0.338 e. The number of nitro groups is 1. The van der Waals surface area contributed by atoms with Gasteiger partial charge in [0, 0.05) is 18.2 Å². The van der Waals surface area contributed by atoms with Crippen LogP contribution in [0.4, 0.5) is 15.8 Å². The monoisotopic (exact) mass is 268 g/mol. The summed E-state index contributed by atoms with van der Waals surface area (Å²) in [6, 6.07) is 1.70. The van der Waals surface area contributed by atoms with Gasteiger partial charge in [-0.25, -0.2) is 9.18 Å². The molecule has 19 heavy (non-hydrogen) atoms. The maximum atomic E-state index is 13.5. The second kappa shape index (κ2) is 4.83. The largest absolute Gasteiger partial charge is 0.478 e. The van der Waals surface area contributed by atoms with Gasteiger partial charge in [-0.05, 0) is 18.8 Å². The quantitative estimate of drug-likeness (QED) is 0.646. The second-order valence-electron chi connectivity index (χ2n) is 4.83. The number of nitrogens with one attached hydrogen (secondary N) is 1. The summed E-state index contributed by atoms with van der Waals surface area (Å²) in [6.45, 7) is 2.06. The summed E-state index contributed by atoms with van der Waals surface area (Å²) >= 11 is 0. The molecule has 1 saturated carbocycles. The fraction of sp³-hybridized carbons (Fsp3) is 0.417. The van der Waals surface area contributed by atoms with Crippen LogP contribution in [0, 0.1) is 21.8 Å². The van der Waals surface area contributed by atoms with Crippen molar-refractivity contribution in [2.45, 2.75) is 25.8 Å². The van der Waals surface area contributed by atoms with Gasteiger partial charge in [0.2, 0.25) is 0 Å². The van der Waals surface area contributed by atoms with Gasteiger partial charge in [0.1, 0.15) is 17.1 Å². The summed E-state index contributed by atoms with van der Waals surface area (Å²) in [5.41, 5.74) is -1.08. The van der Waals surface area contributed by atoms with Gasteiger partial charge in [-0.1, -0.05) is 6.92 Å². The molecule has 0 aromatic heterocycles. The molecule has 1 aromatic carbocycles. The third-order valence-electron chi connectivity index (χ3n) is 3.25. The van der Waals surface area contributed by atoms with Gasteiger partial charge in [-0.2, -0.15) is 0 Å². The van der Waals surface area contributed by atoms with E-state index in [1.807, 2.05) is 0 Å². The predicted molar refractivity (Wildman–Crippen MR) is 65.8 cm³/mol. The number of nitro benzene ring substituents is 1. The molecule has 0 unspecified atom stereocenters. The molecule has 0 radical (unpaired) electrons. The molecule has 0 saturated heterocycles. The van der Waals surface area contributed by atoms with Crippen molar-refractivity contribution in [2.75, 3.05) is 5.32 Å². The van der Waals surface area contributed by atoms with E-state index in [1.165, 1.54) is 0 Å². The number of rotatable bonds is 4. The lowest BCUT2D eigenvalue weighted by Gasteiger charge is -2.33. The number of carboxylic acids is 1. The van der Waals surface area contributed by atoms with Gasteiger partial charge in [0.05, 0.1) is 4.92 Å². The van der Waals surface area contributed by atoms with E-state index in [2.05, 4.69) is 12.2 Å². The first-order valence-corrected chi connectivity index (χ1v) is 5.86. The van der Waals surface area contributed by atoms with Crippen molar-refractivity contribution in [3.63, 3.8) is 0 Å². The van der Waals surface area contributed by atoms with Crippen molar-refractivity contribution >= 4 is 17.3 Å². The van der Waals surface area contributed by atoms with E-state index < -0.39 is 28.0 Å². The number of benzene rings is 1. The number of halogens is 1. The molecule has 1 aliphatic rings. The molecule has 0 aliphatic heterocycles. The van der Waals surface area contributed by atoms with E-state index in [0.29, 0.717) is 5.92 Å². The van der Waals surface area contributed by atoms with Crippen LogP contribution in [0.25, 0.3) is 0 Å². The Balaban J connectivity index is 2.33. The Hall–Kier alpha value is -2.18. The van der Waals surface area contributed by atoms with Gasteiger partial charge in [-0.3, -0.25) is 10.1 Å². The highest BCUT2D eigenvalue weighted by atomic mass is 19.1. The molecule has 0 spiro atoms. The summed E-state index contributed by atoms with van der Waals surface area (Å²) in [7, 11) is 0. The van der Waals surface area contributed by atoms with E-state index in [9.17, 15) is 19.3 Å². The summed E-state index contributed by atoms with van der Waals surface area (Å²) in [5, 5.41) is 22.6. The van der Waals surface area contributed by atoms with Gasteiger partial charge in [0.15, 0.2) is 0 Å². The predicted octanol–water partition coefficient (Wildman–Crippen LogP) is 2.64. The van der Waals surface area contributed by atoms with Crippen molar-refractivity contribution in [1.82, 2.24) is 0 Å². The number of hydrogen-bond donors (Lipinski definition) is 2. The number of carbonyl (C=O) groups is 1. The molecule has 102 valence electrons. The third-order valence-corrected chi connectivity index (χ3v) is 3.25. The summed E-state index contributed by atoms with van der Waals surface area (Å²) in [4.78, 5) is 21.0. The first kappa shape index (κ1) is 13.3. The minimum absolute atomic E-state index is 0.0319. The maximum absolute atomic E-state index is 13.5. The number of nitrogens with zero attached hydrogens (tertiary/aromatic N) is 1. The van der Waals surface area contributed by atoms with Crippen LogP contribution in [-0.4, -0.2) is 22.0 Å². The van der Waals surface area contributed by atoms with Crippen LogP contribution in [0.1, 0.15) is 30.1 Å². The normalized spacial score (nSPS) is 21.6.